The summed E-state index contributed by atoms with van der Waals surface area (Å²) in [5, 5.41) is 3.92. The lowest BCUT2D eigenvalue weighted by atomic mass is 10.2. The van der Waals surface area contributed by atoms with E-state index in [4.69, 9.17) is 21.1 Å². The highest BCUT2D eigenvalue weighted by Crippen LogP contribution is 2.28. The fourth-order valence-corrected chi connectivity index (χ4v) is 2.01. The van der Waals surface area contributed by atoms with Gasteiger partial charge in [-0.15, -0.1) is 0 Å². The Morgan fingerprint density at radius 1 is 1.00 bits per heavy atom. The second-order valence-corrected chi connectivity index (χ2v) is 4.42. The van der Waals surface area contributed by atoms with Gasteiger partial charge in [-0.1, -0.05) is 29.8 Å². The van der Waals surface area contributed by atoms with Crippen molar-refractivity contribution in [2.24, 2.45) is 0 Å². The van der Waals surface area contributed by atoms with Gasteiger partial charge in [-0.25, -0.2) is 0 Å². The lowest BCUT2D eigenvalue weighted by Gasteiger charge is -2.11. The maximum atomic E-state index is 5.99. The highest BCUT2D eigenvalue weighted by atomic mass is 35.5. The average molecular weight is 278 g/mol. The third-order valence-corrected chi connectivity index (χ3v) is 3.14. The van der Waals surface area contributed by atoms with Gasteiger partial charge in [0.1, 0.15) is 11.5 Å². The van der Waals surface area contributed by atoms with Crippen LogP contribution in [0, 0.1) is 0 Å². The molecule has 0 fully saturated rings. The molecule has 0 saturated heterocycles. The number of nitrogens with one attached hydrogen (secondary N) is 1. The molecule has 0 radical (unpaired) electrons. The number of hydrogen-bond acceptors (Lipinski definition) is 3. The van der Waals surface area contributed by atoms with Gasteiger partial charge in [-0.3, -0.25) is 0 Å². The van der Waals surface area contributed by atoms with Crippen LogP contribution in [0.25, 0.3) is 0 Å². The summed E-state index contributed by atoms with van der Waals surface area (Å²) in [6.07, 6.45) is 0. The molecule has 2 aromatic carbocycles. The first-order valence-corrected chi connectivity index (χ1v) is 6.31. The number of methoxy groups -OCH3 is 2. The van der Waals surface area contributed by atoms with Gasteiger partial charge in [-0.2, -0.15) is 0 Å². The Bertz CT molecular complexity index is 558. The smallest absolute Gasteiger partial charge is 0.139 e. The Kier molecular flexibility index (Phi) is 4.53. The van der Waals surface area contributed by atoms with Crippen molar-refractivity contribution in [2.75, 3.05) is 19.5 Å². The summed E-state index contributed by atoms with van der Waals surface area (Å²) in [6, 6.07) is 13.5. The maximum absolute atomic E-state index is 5.99. The topological polar surface area (TPSA) is 30.5 Å². The summed E-state index contributed by atoms with van der Waals surface area (Å²) in [4.78, 5) is 0. The van der Waals surface area contributed by atoms with Gasteiger partial charge >= 0.3 is 0 Å². The second-order valence-electron chi connectivity index (χ2n) is 4.01. The van der Waals surface area contributed by atoms with E-state index in [-0.39, 0.29) is 0 Å². The Balaban J connectivity index is 2.10. The summed E-state index contributed by atoms with van der Waals surface area (Å²) in [7, 11) is 3.27. The molecule has 0 aliphatic rings. The second kappa shape index (κ2) is 6.34. The van der Waals surface area contributed by atoms with Crippen molar-refractivity contribution in [3.63, 3.8) is 0 Å². The van der Waals surface area contributed by atoms with E-state index >= 15 is 0 Å². The molecule has 3 nitrogen and oxygen atoms in total. The van der Waals surface area contributed by atoms with E-state index in [1.54, 1.807) is 14.2 Å². The molecule has 0 unspecified atom stereocenters. The molecular formula is C15H16ClNO2. The first-order chi connectivity index (χ1) is 9.24. The number of rotatable bonds is 5. The van der Waals surface area contributed by atoms with Gasteiger partial charge in [-0.05, 0) is 18.2 Å². The van der Waals surface area contributed by atoms with Crippen molar-refractivity contribution in [3.05, 3.63) is 53.1 Å². The maximum Gasteiger partial charge on any atom is 0.139 e. The Labute approximate surface area is 118 Å². The third kappa shape index (κ3) is 3.32. The Hall–Kier alpha value is -1.87. The van der Waals surface area contributed by atoms with E-state index < -0.39 is 0 Å². The Morgan fingerprint density at radius 2 is 1.74 bits per heavy atom. The first kappa shape index (κ1) is 13.6. The predicted molar refractivity (Wildman–Crippen MR) is 78.3 cm³/mol. The summed E-state index contributed by atoms with van der Waals surface area (Å²) in [5.74, 6) is 1.53. The molecule has 0 bridgehead atoms. The zero-order chi connectivity index (χ0) is 13.7. The number of para-hydroxylation sites is 1. The van der Waals surface area contributed by atoms with Crippen LogP contribution >= 0.6 is 11.6 Å². The molecule has 0 aromatic heterocycles. The van der Waals surface area contributed by atoms with Crippen LogP contribution in [-0.2, 0) is 6.54 Å². The lowest BCUT2D eigenvalue weighted by Crippen LogP contribution is -2.01. The predicted octanol–water partition coefficient (Wildman–Crippen LogP) is 3.97. The molecule has 2 aromatic rings. The fourth-order valence-electron chi connectivity index (χ4n) is 1.82. The van der Waals surface area contributed by atoms with Crippen LogP contribution in [0.2, 0.25) is 5.02 Å². The molecule has 0 atom stereocenters. The molecule has 19 heavy (non-hydrogen) atoms. The molecular weight excluding hydrogens is 262 g/mol. The minimum absolute atomic E-state index is 0.602. The summed E-state index contributed by atoms with van der Waals surface area (Å²) in [6.45, 7) is 0.675. The van der Waals surface area contributed by atoms with Crippen LogP contribution in [0.1, 0.15) is 5.56 Å². The summed E-state index contributed by atoms with van der Waals surface area (Å²) < 4.78 is 10.5. The van der Waals surface area contributed by atoms with Crippen molar-refractivity contribution in [1.29, 1.82) is 0 Å². The fraction of sp³-hybridized carbons (Fsp3) is 0.200. The molecule has 0 saturated carbocycles. The van der Waals surface area contributed by atoms with Crippen molar-refractivity contribution >= 4 is 17.3 Å². The molecule has 1 N–H and O–H groups in total. The van der Waals surface area contributed by atoms with E-state index in [0.717, 1.165) is 17.0 Å². The molecule has 0 amide bonds. The zero-order valence-corrected chi connectivity index (χ0v) is 11.7. The van der Waals surface area contributed by atoms with Crippen LogP contribution in [0.4, 0.5) is 5.69 Å². The van der Waals surface area contributed by atoms with Gasteiger partial charge in [0, 0.05) is 23.9 Å². The molecule has 0 spiro atoms. The molecule has 0 aliphatic heterocycles. The minimum atomic E-state index is 0.602. The monoisotopic (exact) mass is 277 g/mol. The average Bonchev–Trinajstić information content (AvgIpc) is 2.46. The number of anilines is 1. The van der Waals surface area contributed by atoms with Crippen molar-refractivity contribution in [1.82, 2.24) is 0 Å². The number of benzene rings is 2. The van der Waals surface area contributed by atoms with E-state index in [1.165, 1.54) is 0 Å². The lowest BCUT2D eigenvalue weighted by molar-refractivity contribution is 0.410. The van der Waals surface area contributed by atoms with Crippen LogP contribution in [0.3, 0.4) is 0 Å². The minimum Gasteiger partial charge on any atom is -0.496 e. The quantitative estimate of drug-likeness (QED) is 0.897. The standard InChI is InChI=1S/C15H16ClNO2/c1-18-14-6-4-3-5-11(14)10-17-12-7-8-13(16)15(9-12)19-2/h3-9,17H,10H2,1-2H3. The van der Waals surface area contributed by atoms with Gasteiger partial charge in [0.05, 0.1) is 19.2 Å². The summed E-state index contributed by atoms with van der Waals surface area (Å²) >= 11 is 5.99. The largest absolute Gasteiger partial charge is 0.496 e. The van der Waals surface area contributed by atoms with Crippen LogP contribution in [-0.4, -0.2) is 14.2 Å². The van der Waals surface area contributed by atoms with Gasteiger partial charge in [0.15, 0.2) is 0 Å². The van der Waals surface area contributed by atoms with Crippen LogP contribution in [0.15, 0.2) is 42.5 Å². The van der Waals surface area contributed by atoms with Crippen LogP contribution < -0.4 is 14.8 Å². The van der Waals surface area contributed by atoms with E-state index in [0.29, 0.717) is 17.3 Å². The zero-order valence-electron chi connectivity index (χ0n) is 10.9. The number of ether oxygens (including phenoxy) is 2. The normalized spacial score (nSPS) is 10.1. The van der Waals surface area contributed by atoms with Gasteiger partial charge in [0.25, 0.3) is 0 Å². The van der Waals surface area contributed by atoms with E-state index in [2.05, 4.69) is 5.32 Å². The van der Waals surface area contributed by atoms with Gasteiger partial charge in [0.2, 0.25) is 0 Å². The first-order valence-electron chi connectivity index (χ1n) is 5.94. The van der Waals surface area contributed by atoms with Crippen LogP contribution in [0.5, 0.6) is 11.5 Å². The van der Waals surface area contributed by atoms with E-state index in [1.807, 2.05) is 42.5 Å². The van der Waals surface area contributed by atoms with E-state index in [9.17, 15) is 0 Å². The number of halogens is 1. The molecule has 0 heterocycles. The molecule has 0 aliphatic carbocycles. The van der Waals surface area contributed by atoms with Crippen molar-refractivity contribution in [3.8, 4) is 11.5 Å². The molecule has 2 rings (SSSR count). The summed E-state index contributed by atoms with van der Waals surface area (Å²) in [5.41, 5.74) is 2.05. The SMILES string of the molecule is COc1cc(NCc2ccccc2OC)ccc1Cl. The third-order valence-electron chi connectivity index (χ3n) is 2.83. The van der Waals surface area contributed by atoms with Crippen molar-refractivity contribution < 1.29 is 9.47 Å². The molecule has 4 heteroatoms. The highest BCUT2D eigenvalue weighted by Gasteiger charge is 2.04. The number of hydrogen-bond donors (Lipinski definition) is 1. The van der Waals surface area contributed by atoms with Gasteiger partial charge < -0.3 is 14.8 Å². The highest BCUT2D eigenvalue weighted by molar-refractivity contribution is 6.32. The van der Waals surface area contributed by atoms with Crippen molar-refractivity contribution in [2.45, 2.75) is 6.54 Å². The Morgan fingerprint density at radius 3 is 2.47 bits per heavy atom. The molecule has 100 valence electrons.